The number of rotatable bonds is 3. The number of hydrogen-bond acceptors (Lipinski definition) is 2. The lowest BCUT2D eigenvalue weighted by molar-refractivity contribution is 0.177. The van der Waals surface area contributed by atoms with E-state index in [9.17, 15) is 8.78 Å². The number of thioether (sulfide) groups is 1. The van der Waals surface area contributed by atoms with E-state index in [1.807, 2.05) is 13.0 Å². The Balaban J connectivity index is 2.63. The van der Waals surface area contributed by atoms with Gasteiger partial charge >= 0.3 is 0 Å². The van der Waals surface area contributed by atoms with E-state index in [0.29, 0.717) is 5.69 Å². The lowest BCUT2D eigenvalue weighted by Crippen LogP contribution is -1.94. The van der Waals surface area contributed by atoms with Gasteiger partial charge in [0, 0.05) is 10.6 Å². The van der Waals surface area contributed by atoms with E-state index in [1.54, 1.807) is 12.1 Å². The highest BCUT2D eigenvalue weighted by Crippen LogP contribution is 2.23. The zero-order valence-electron chi connectivity index (χ0n) is 7.26. The molecule has 1 nitrogen and oxygen atoms in total. The van der Waals surface area contributed by atoms with Crippen LogP contribution in [0.3, 0.4) is 0 Å². The van der Waals surface area contributed by atoms with Crippen LogP contribution in [0.15, 0.2) is 23.1 Å². The van der Waals surface area contributed by atoms with Crippen LogP contribution in [0.2, 0.25) is 0 Å². The maximum atomic E-state index is 11.8. The van der Waals surface area contributed by atoms with Crippen LogP contribution in [0.5, 0.6) is 0 Å². The van der Waals surface area contributed by atoms with Crippen molar-refractivity contribution in [2.24, 2.45) is 0 Å². The maximum Gasteiger partial charge on any atom is 0.247 e. The van der Waals surface area contributed by atoms with Crippen LogP contribution in [0, 0.1) is 6.92 Å². The van der Waals surface area contributed by atoms with Crippen molar-refractivity contribution in [1.29, 1.82) is 0 Å². The fraction of sp³-hybridized carbons (Fsp3) is 0.333. The van der Waals surface area contributed by atoms with Gasteiger partial charge < -0.3 is 5.73 Å². The molecule has 0 spiro atoms. The van der Waals surface area contributed by atoms with Crippen molar-refractivity contribution in [2.75, 3.05) is 11.5 Å². The number of nitrogens with two attached hydrogens (primary N) is 1. The van der Waals surface area contributed by atoms with Gasteiger partial charge in [-0.1, -0.05) is 6.07 Å². The molecule has 0 aliphatic rings. The molecule has 1 aromatic carbocycles. The number of aryl methyl sites for hydroxylation is 1. The largest absolute Gasteiger partial charge is 0.398 e. The molecule has 1 rings (SSSR count). The molecule has 0 fully saturated rings. The molecular formula is C9H11F2NS. The van der Waals surface area contributed by atoms with Gasteiger partial charge in [-0.25, -0.2) is 8.78 Å². The van der Waals surface area contributed by atoms with Crippen LogP contribution < -0.4 is 5.73 Å². The minimum atomic E-state index is -2.27. The molecule has 0 atom stereocenters. The second kappa shape index (κ2) is 4.46. The number of halogens is 2. The Morgan fingerprint density at radius 2 is 2.15 bits per heavy atom. The van der Waals surface area contributed by atoms with Crippen molar-refractivity contribution < 1.29 is 8.78 Å². The number of alkyl halides is 2. The van der Waals surface area contributed by atoms with Crippen LogP contribution in [-0.4, -0.2) is 12.2 Å². The lowest BCUT2D eigenvalue weighted by Gasteiger charge is -2.04. The quantitative estimate of drug-likeness (QED) is 0.603. The number of benzene rings is 1. The molecule has 0 aromatic heterocycles. The molecule has 0 radical (unpaired) electrons. The highest BCUT2D eigenvalue weighted by atomic mass is 32.2. The molecule has 0 heterocycles. The van der Waals surface area contributed by atoms with Crippen molar-refractivity contribution in [3.05, 3.63) is 23.8 Å². The minimum Gasteiger partial charge on any atom is -0.398 e. The Morgan fingerprint density at radius 1 is 1.46 bits per heavy atom. The molecule has 0 amide bonds. The summed E-state index contributed by atoms with van der Waals surface area (Å²) in [6, 6.07) is 5.37. The first-order valence-corrected chi connectivity index (χ1v) is 4.85. The molecular weight excluding hydrogens is 192 g/mol. The zero-order chi connectivity index (χ0) is 9.84. The lowest BCUT2D eigenvalue weighted by atomic mass is 10.2. The zero-order valence-corrected chi connectivity index (χ0v) is 8.07. The first-order chi connectivity index (χ1) is 6.09. The van der Waals surface area contributed by atoms with Crippen molar-refractivity contribution >= 4 is 17.4 Å². The first-order valence-electron chi connectivity index (χ1n) is 3.86. The highest BCUT2D eigenvalue weighted by molar-refractivity contribution is 7.99. The summed E-state index contributed by atoms with van der Waals surface area (Å²) < 4.78 is 23.7. The summed E-state index contributed by atoms with van der Waals surface area (Å²) in [5, 5.41) is 0. The predicted molar refractivity (Wildman–Crippen MR) is 52.3 cm³/mol. The third-order valence-corrected chi connectivity index (χ3v) is 2.63. The SMILES string of the molecule is Cc1ccc(SCC(F)F)cc1N. The van der Waals surface area contributed by atoms with Gasteiger partial charge in [0.15, 0.2) is 0 Å². The van der Waals surface area contributed by atoms with Gasteiger partial charge in [0.05, 0.1) is 5.75 Å². The van der Waals surface area contributed by atoms with Gasteiger partial charge in [-0.2, -0.15) is 0 Å². The van der Waals surface area contributed by atoms with Crippen LogP contribution in [0.4, 0.5) is 14.5 Å². The van der Waals surface area contributed by atoms with E-state index in [2.05, 4.69) is 0 Å². The van der Waals surface area contributed by atoms with E-state index in [1.165, 1.54) is 0 Å². The molecule has 0 aliphatic heterocycles. The summed E-state index contributed by atoms with van der Waals surface area (Å²) in [6.07, 6.45) is -2.27. The molecule has 0 saturated heterocycles. The fourth-order valence-corrected chi connectivity index (χ4v) is 1.56. The van der Waals surface area contributed by atoms with E-state index < -0.39 is 6.43 Å². The fourth-order valence-electron chi connectivity index (χ4n) is 0.868. The van der Waals surface area contributed by atoms with Crippen molar-refractivity contribution in [3.63, 3.8) is 0 Å². The summed E-state index contributed by atoms with van der Waals surface area (Å²) in [5.41, 5.74) is 7.25. The van der Waals surface area contributed by atoms with Gasteiger partial charge in [-0.3, -0.25) is 0 Å². The summed E-state index contributed by atoms with van der Waals surface area (Å²) in [7, 11) is 0. The van der Waals surface area contributed by atoms with Gasteiger partial charge in [0.25, 0.3) is 0 Å². The molecule has 4 heteroatoms. The van der Waals surface area contributed by atoms with Gasteiger partial charge in [-0.15, -0.1) is 11.8 Å². The van der Waals surface area contributed by atoms with E-state index in [-0.39, 0.29) is 5.75 Å². The molecule has 1 aromatic rings. The molecule has 2 N–H and O–H groups in total. The minimum absolute atomic E-state index is 0.178. The molecule has 0 bridgehead atoms. The highest BCUT2D eigenvalue weighted by Gasteiger charge is 2.04. The van der Waals surface area contributed by atoms with Gasteiger partial charge in [0.2, 0.25) is 6.43 Å². The van der Waals surface area contributed by atoms with E-state index in [0.717, 1.165) is 22.2 Å². The monoisotopic (exact) mass is 203 g/mol. The molecule has 0 unspecified atom stereocenters. The number of hydrogen-bond donors (Lipinski definition) is 1. The summed E-state index contributed by atoms with van der Waals surface area (Å²) in [4.78, 5) is 0.795. The topological polar surface area (TPSA) is 26.0 Å². The Bertz CT molecular complexity index is 289. The van der Waals surface area contributed by atoms with Crippen molar-refractivity contribution in [2.45, 2.75) is 18.2 Å². The van der Waals surface area contributed by atoms with Gasteiger partial charge in [0.1, 0.15) is 0 Å². The summed E-state index contributed by atoms with van der Waals surface area (Å²) in [5.74, 6) is -0.178. The Morgan fingerprint density at radius 3 is 2.69 bits per heavy atom. The van der Waals surface area contributed by atoms with Crippen molar-refractivity contribution in [3.8, 4) is 0 Å². The Labute approximate surface area is 80.3 Å². The number of nitrogen functional groups attached to an aromatic ring is 1. The number of anilines is 1. The Kier molecular flexibility index (Phi) is 3.54. The maximum absolute atomic E-state index is 11.8. The Hall–Kier alpha value is -0.770. The molecule has 0 saturated carbocycles. The molecule has 72 valence electrons. The normalized spacial score (nSPS) is 10.8. The third-order valence-electron chi connectivity index (χ3n) is 1.63. The standard InChI is InChI=1S/C9H11F2NS/c1-6-2-3-7(4-8(6)12)13-5-9(10)11/h2-4,9H,5,12H2,1H3. The average molecular weight is 203 g/mol. The molecule has 0 aliphatic carbocycles. The first kappa shape index (κ1) is 10.3. The van der Waals surface area contributed by atoms with Crippen molar-refractivity contribution in [1.82, 2.24) is 0 Å². The van der Waals surface area contributed by atoms with E-state index in [4.69, 9.17) is 5.73 Å². The van der Waals surface area contributed by atoms with Crippen LogP contribution >= 0.6 is 11.8 Å². The van der Waals surface area contributed by atoms with E-state index >= 15 is 0 Å². The summed E-state index contributed by atoms with van der Waals surface area (Å²) in [6.45, 7) is 1.89. The van der Waals surface area contributed by atoms with Crippen LogP contribution in [-0.2, 0) is 0 Å². The predicted octanol–water partition coefficient (Wildman–Crippen LogP) is 2.93. The average Bonchev–Trinajstić information content (AvgIpc) is 2.07. The second-order valence-corrected chi connectivity index (χ2v) is 3.81. The van der Waals surface area contributed by atoms with Crippen LogP contribution in [0.25, 0.3) is 0 Å². The smallest absolute Gasteiger partial charge is 0.247 e. The summed E-state index contributed by atoms with van der Waals surface area (Å²) >= 11 is 1.12. The van der Waals surface area contributed by atoms with Gasteiger partial charge in [-0.05, 0) is 24.6 Å². The molecule has 13 heavy (non-hydrogen) atoms. The second-order valence-electron chi connectivity index (χ2n) is 2.72. The third kappa shape index (κ3) is 3.22. The van der Waals surface area contributed by atoms with Crippen LogP contribution in [0.1, 0.15) is 5.56 Å².